The molecule has 0 heterocycles. The summed E-state index contributed by atoms with van der Waals surface area (Å²) >= 11 is 0. The van der Waals surface area contributed by atoms with Crippen molar-refractivity contribution in [2.75, 3.05) is 14.1 Å². The first-order valence-electron chi connectivity index (χ1n) is 11.5. The molecule has 0 aliphatic heterocycles. The number of carbonyl (C=O) groups excluding carboxylic acids is 3. The molecular weight excluding hydrogens is 440 g/mol. The molecule has 0 spiro atoms. The number of fused-ring (bicyclic) bond motifs is 4. The number of carbonyl (C=O) groups is 3. The molecule has 0 aromatic heterocycles. The number of hydrogen-bond donors (Lipinski definition) is 5. The number of benzene rings is 1. The zero-order valence-electron chi connectivity index (χ0n) is 19.1. The molecule has 1 saturated carbocycles. The molecule has 1 fully saturated rings. The number of ketones is 2. The predicted octanol–water partition coefficient (Wildman–Crippen LogP) is 0.843. The lowest BCUT2D eigenvalue weighted by Gasteiger charge is -2.50. The molecule has 1 amide bonds. The summed E-state index contributed by atoms with van der Waals surface area (Å²) in [6.45, 7) is 0. The van der Waals surface area contributed by atoms with Crippen LogP contribution in [0, 0.1) is 11.8 Å². The van der Waals surface area contributed by atoms with Crippen LogP contribution in [0.3, 0.4) is 0 Å². The monoisotopic (exact) mass is 468 g/mol. The van der Waals surface area contributed by atoms with Gasteiger partial charge in [-0.2, -0.15) is 0 Å². The first kappa shape index (κ1) is 22.6. The van der Waals surface area contributed by atoms with E-state index in [9.17, 15) is 34.8 Å². The van der Waals surface area contributed by atoms with Gasteiger partial charge in [-0.1, -0.05) is 6.07 Å². The molecular formula is C25H28N2O7. The summed E-state index contributed by atoms with van der Waals surface area (Å²) in [5.41, 5.74) is 4.48. The maximum atomic E-state index is 13.8. The minimum absolute atomic E-state index is 0.0554. The second kappa shape index (κ2) is 7.41. The van der Waals surface area contributed by atoms with Gasteiger partial charge in [0.2, 0.25) is 5.78 Å². The van der Waals surface area contributed by atoms with E-state index in [0.29, 0.717) is 18.4 Å². The SMILES string of the molecule is CN(C)[C@@H]1C(=O)C(C(N)=O)=C(O)[C@@]2(O)C(=O)C3=C(O)c4c(cc5c(c4O)CCCC5)C[C@H]3C[C@@H]12. The van der Waals surface area contributed by atoms with Crippen molar-refractivity contribution in [1.29, 1.82) is 0 Å². The van der Waals surface area contributed by atoms with E-state index >= 15 is 0 Å². The van der Waals surface area contributed by atoms with Crippen LogP contribution in [0.25, 0.3) is 5.76 Å². The lowest BCUT2D eigenvalue weighted by molar-refractivity contribution is -0.153. The average Bonchev–Trinajstić information content (AvgIpc) is 2.76. The fourth-order valence-corrected chi connectivity index (χ4v) is 6.52. The van der Waals surface area contributed by atoms with E-state index in [-0.39, 0.29) is 23.3 Å². The molecule has 4 aliphatic rings. The number of aliphatic hydroxyl groups excluding tert-OH is 2. The number of hydrogen-bond acceptors (Lipinski definition) is 8. The molecule has 0 bridgehead atoms. The first-order chi connectivity index (χ1) is 16.0. The van der Waals surface area contributed by atoms with Crippen molar-refractivity contribution in [3.05, 3.63) is 45.2 Å². The van der Waals surface area contributed by atoms with Gasteiger partial charge in [-0.15, -0.1) is 0 Å². The Kier molecular flexibility index (Phi) is 4.93. The first-order valence-corrected chi connectivity index (χ1v) is 11.5. The van der Waals surface area contributed by atoms with E-state index in [0.717, 1.165) is 30.4 Å². The Balaban J connectivity index is 1.73. The Bertz CT molecular complexity index is 1230. The van der Waals surface area contributed by atoms with Crippen LogP contribution >= 0.6 is 0 Å². The maximum Gasteiger partial charge on any atom is 0.255 e. The zero-order chi connectivity index (χ0) is 24.7. The summed E-state index contributed by atoms with van der Waals surface area (Å²) in [6.07, 6.45) is 3.84. The predicted molar refractivity (Wildman–Crippen MR) is 121 cm³/mol. The highest BCUT2D eigenvalue weighted by Gasteiger charge is 2.64. The summed E-state index contributed by atoms with van der Waals surface area (Å²) in [6, 6.07) is 0.897. The van der Waals surface area contributed by atoms with Crippen LogP contribution < -0.4 is 5.73 Å². The summed E-state index contributed by atoms with van der Waals surface area (Å²) in [5.74, 6) is -6.13. The second-order valence-electron chi connectivity index (χ2n) is 10.1. The third kappa shape index (κ3) is 2.77. The molecule has 1 aromatic carbocycles. The van der Waals surface area contributed by atoms with Crippen LogP contribution in [-0.2, 0) is 33.6 Å². The Morgan fingerprint density at radius 1 is 1.12 bits per heavy atom. The van der Waals surface area contributed by atoms with Gasteiger partial charge in [-0.05, 0) is 75.2 Å². The molecule has 34 heavy (non-hydrogen) atoms. The summed E-state index contributed by atoms with van der Waals surface area (Å²) in [5, 5.41) is 44.7. The lowest BCUT2D eigenvalue weighted by atomic mass is 9.57. The highest BCUT2D eigenvalue weighted by atomic mass is 16.3. The van der Waals surface area contributed by atoms with Crippen LogP contribution in [0.5, 0.6) is 5.75 Å². The molecule has 180 valence electrons. The quantitative estimate of drug-likeness (QED) is 0.399. The molecule has 4 atom stereocenters. The average molecular weight is 469 g/mol. The molecule has 9 nitrogen and oxygen atoms in total. The van der Waals surface area contributed by atoms with Crippen molar-refractivity contribution >= 4 is 23.2 Å². The number of nitrogens with zero attached hydrogens (tertiary/aromatic N) is 1. The molecule has 0 unspecified atom stereocenters. The molecule has 9 heteroatoms. The largest absolute Gasteiger partial charge is 0.508 e. The summed E-state index contributed by atoms with van der Waals surface area (Å²) < 4.78 is 0. The summed E-state index contributed by atoms with van der Waals surface area (Å²) in [4.78, 5) is 40.3. The van der Waals surface area contributed by atoms with Crippen molar-refractivity contribution < 1.29 is 34.8 Å². The van der Waals surface area contributed by atoms with Gasteiger partial charge in [0.15, 0.2) is 11.4 Å². The van der Waals surface area contributed by atoms with Crippen molar-refractivity contribution in [3.63, 3.8) is 0 Å². The fourth-order valence-electron chi connectivity index (χ4n) is 6.52. The van der Waals surface area contributed by atoms with E-state index in [2.05, 4.69) is 0 Å². The molecule has 4 aliphatic carbocycles. The molecule has 1 aromatic rings. The van der Waals surface area contributed by atoms with Crippen LogP contribution in [0.15, 0.2) is 23.0 Å². The number of amides is 1. The van der Waals surface area contributed by atoms with Crippen LogP contribution in [-0.4, -0.2) is 68.5 Å². The van der Waals surface area contributed by atoms with E-state index in [1.54, 1.807) is 14.1 Å². The topological polar surface area (TPSA) is 161 Å². The number of phenolic OH excluding ortho intramolecular Hbond substituents is 1. The third-order valence-corrected chi connectivity index (χ3v) is 8.03. The van der Waals surface area contributed by atoms with Gasteiger partial charge >= 0.3 is 0 Å². The van der Waals surface area contributed by atoms with Crippen LogP contribution in [0.4, 0.5) is 0 Å². The minimum atomic E-state index is -2.60. The van der Waals surface area contributed by atoms with E-state index in [4.69, 9.17) is 5.73 Å². The smallest absolute Gasteiger partial charge is 0.255 e. The van der Waals surface area contributed by atoms with Gasteiger partial charge in [-0.3, -0.25) is 19.3 Å². The highest BCUT2D eigenvalue weighted by Crippen LogP contribution is 2.53. The van der Waals surface area contributed by atoms with Crippen molar-refractivity contribution in [1.82, 2.24) is 4.90 Å². The van der Waals surface area contributed by atoms with Crippen molar-refractivity contribution in [2.24, 2.45) is 17.6 Å². The fraction of sp³-hybridized carbons (Fsp3) is 0.480. The van der Waals surface area contributed by atoms with Gasteiger partial charge in [0.25, 0.3) is 5.91 Å². The number of likely N-dealkylation sites (N-methyl/N-ethyl adjacent to an activating group) is 1. The van der Waals surface area contributed by atoms with Gasteiger partial charge in [0, 0.05) is 11.5 Å². The maximum absolute atomic E-state index is 13.8. The highest BCUT2D eigenvalue weighted by molar-refractivity contribution is 6.24. The Hall–Kier alpha value is -3.17. The number of aliphatic hydroxyl groups is 3. The van der Waals surface area contributed by atoms with Crippen molar-refractivity contribution in [2.45, 2.75) is 50.2 Å². The van der Waals surface area contributed by atoms with Gasteiger partial charge in [0.1, 0.15) is 22.8 Å². The van der Waals surface area contributed by atoms with Gasteiger partial charge < -0.3 is 26.2 Å². The second-order valence-corrected chi connectivity index (χ2v) is 10.1. The Labute approximate surface area is 196 Å². The van der Waals surface area contributed by atoms with Crippen LogP contribution in [0.1, 0.15) is 41.5 Å². The minimum Gasteiger partial charge on any atom is -0.508 e. The van der Waals surface area contributed by atoms with Crippen LogP contribution in [0.2, 0.25) is 0 Å². The van der Waals surface area contributed by atoms with Gasteiger partial charge in [0.05, 0.1) is 11.6 Å². The Morgan fingerprint density at radius 3 is 2.44 bits per heavy atom. The van der Waals surface area contributed by atoms with Crippen molar-refractivity contribution in [3.8, 4) is 5.75 Å². The number of phenols is 1. The zero-order valence-corrected chi connectivity index (χ0v) is 19.1. The third-order valence-electron chi connectivity index (χ3n) is 8.03. The molecule has 0 saturated heterocycles. The summed E-state index contributed by atoms with van der Waals surface area (Å²) in [7, 11) is 3.16. The lowest BCUT2D eigenvalue weighted by Crippen LogP contribution is -2.65. The van der Waals surface area contributed by atoms with Gasteiger partial charge in [-0.25, -0.2) is 0 Å². The van der Waals surface area contributed by atoms with E-state index in [1.807, 2.05) is 6.07 Å². The Morgan fingerprint density at radius 2 is 1.79 bits per heavy atom. The normalized spacial score (nSPS) is 30.6. The number of nitrogens with two attached hydrogens (primary N) is 1. The number of rotatable bonds is 2. The van der Waals surface area contributed by atoms with E-state index < -0.39 is 58.0 Å². The molecule has 0 radical (unpaired) electrons. The standard InChI is InChI=1S/C25H28N2O7/c1-27(2)18-14-9-12-8-11-7-10-5-3-4-6-13(10)19(28)15(11)20(29)16(12)22(31)25(14,34)23(32)17(21(18)30)24(26)33/h7,12,14,18,28-29,32,34H,3-6,8-9H2,1-2H3,(H2,26,33)/t12-,14-,18-,25-/m0/s1. The molecule has 5 rings (SSSR count). The van der Waals surface area contributed by atoms with E-state index in [1.165, 1.54) is 4.90 Å². The molecule has 6 N–H and O–H groups in total. The number of primary amides is 1. The number of Topliss-reactive ketones (excluding diaryl/α,β-unsaturated/α-hetero) is 2. The number of aromatic hydroxyl groups is 1. The number of aryl methyl sites for hydroxylation is 1.